The number of nitrogens with zero attached hydrogens (tertiary/aromatic N) is 2. The Kier molecular flexibility index (Phi) is 4.17. The van der Waals surface area contributed by atoms with Crippen molar-refractivity contribution < 1.29 is 4.79 Å². The number of carbonyl (C=O) groups excluding carboxylic acids is 1. The van der Waals surface area contributed by atoms with Crippen LogP contribution in [0.1, 0.15) is 28.2 Å². The zero-order valence-corrected chi connectivity index (χ0v) is 12.7. The van der Waals surface area contributed by atoms with Crippen molar-refractivity contribution in [3.63, 3.8) is 0 Å². The highest BCUT2D eigenvalue weighted by atomic mass is 32.1. The van der Waals surface area contributed by atoms with E-state index in [1.807, 2.05) is 6.92 Å². The number of thiazole rings is 1. The summed E-state index contributed by atoms with van der Waals surface area (Å²) in [6, 6.07) is 0. The molecule has 0 atom stereocenters. The third kappa shape index (κ3) is 2.93. The predicted octanol–water partition coefficient (Wildman–Crippen LogP) is 0.932. The molecule has 19 heavy (non-hydrogen) atoms. The second-order valence-electron chi connectivity index (χ2n) is 4.97. The number of hydrogen-bond donors (Lipinski definition) is 2. The molecule has 0 spiro atoms. The van der Waals surface area contributed by atoms with Gasteiger partial charge in [-0.15, -0.1) is 11.3 Å². The number of thiocarbonyl (C=S) groups is 1. The van der Waals surface area contributed by atoms with E-state index in [1.54, 1.807) is 5.51 Å². The molecule has 1 fully saturated rings. The monoisotopic (exact) mass is 298 g/mol. The third-order valence-electron chi connectivity index (χ3n) is 3.62. The lowest BCUT2D eigenvalue weighted by atomic mass is 9.87. The van der Waals surface area contributed by atoms with Gasteiger partial charge in [-0.3, -0.25) is 4.79 Å². The molecule has 0 saturated carbocycles. The van der Waals surface area contributed by atoms with Gasteiger partial charge < -0.3 is 16.0 Å². The van der Waals surface area contributed by atoms with Gasteiger partial charge in [-0.1, -0.05) is 12.2 Å². The van der Waals surface area contributed by atoms with Crippen LogP contribution in [0.2, 0.25) is 0 Å². The lowest BCUT2D eigenvalue weighted by Gasteiger charge is -2.40. The summed E-state index contributed by atoms with van der Waals surface area (Å²) < 4.78 is 0. The molecule has 0 unspecified atom stereocenters. The fourth-order valence-corrected chi connectivity index (χ4v) is 3.18. The van der Waals surface area contributed by atoms with Crippen molar-refractivity contribution in [3.05, 3.63) is 16.1 Å². The summed E-state index contributed by atoms with van der Waals surface area (Å²) in [6.07, 6.45) is 1.50. The largest absolute Gasteiger partial charge is 0.391 e. The first-order chi connectivity index (χ1) is 8.94. The van der Waals surface area contributed by atoms with E-state index >= 15 is 0 Å². The van der Waals surface area contributed by atoms with Gasteiger partial charge >= 0.3 is 0 Å². The Labute approximate surface area is 122 Å². The zero-order valence-electron chi connectivity index (χ0n) is 11.1. The smallest absolute Gasteiger partial charge is 0.264 e. The van der Waals surface area contributed by atoms with Crippen LogP contribution in [0, 0.1) is 6.92 Å². The Morgan fingerprint density at radius 3 is 2.68 bits per heavy atom. The Hall–Kier alpha value is -1.05. The number of carbonyl (C=O) groups is 1. The van der Waals surface area contributed by atoms with Crippen molar-refractivity contribution in [1.29, 1.82) is 0 Å². The summed E-state index contributed by atoms with van der Waals surface area (Å²) in [6.45, 7) is 3.58. The van der Waals surface area contributed by atoms with Gasteiger partial charge in [0.2, 0.25) is 0 Å². The quantitative estimate of drug-likeness (QED) is 0.812. The van der Waals surface area contributed by atoms with Crippen molar-refractivity contribution in [2.45, 2.75) is 25.3 Å². The van der Waals surface area contributed by atoms with E-state index in [0.717, 1.165) is 31.6 Å². The van der Waals surface area contributed by atoms with Gasteiger partial charge in [0.15, 0.2) is 0 Å². The molecule has 7 heteroatoms. The first kappa shape index (κ1) is 14.4. The van der Waals surface area contributed by atoms with E-state index in [-0.39, 0.29) is 5.91 Å². The molecule has 0 aromatic carbocycles. The second kappa shape index (κ2) is 5.52. The van der Waals surface area contributed by atoms with Crippen LogP contribution >= 0.6 is 23.6 Å². The topological polar surface area (TPSA) is 71.2 Å². The number of piperidine rings is 1. The maximum absolute atomic E-state index is 12.3. The van der Waals surface area contributed by atoms with E-state index < -0.39 is 5.54 Å². The maximum atomic E-state index is 12.3. The van der Waals surface area contributed by atoms with Crippen LogP contribution in [0.5, 0.6) is 0 Å². The highest BCUT2D eigenvalue weighted by molar-refractivity contribution is 7.80. The van der Waals surface area contributed by atoms with Crippen molar-refractivity contribution >= 4 is 34.5 Å². The van der Waals surface area contributed by atoms with Crippen molar-refractivity contribution in [1.82, 2.24) is 15.2 Å². The van der Waals surface area contributed by atoms with Crippen LogP contribution < -0.4 is 11.1 Å². The Morgan fingerprint density at radius 1 is 1.58 bits per heavy atom. The molecular formula is C12H18N4OS2. The van der Waals surface area contributed by atoms with Crippen molar-refractivity contribution in [2.75, 3.05) is 20.1 Å². The average Bonchev–Trinajstić information content (AvgIpc) is 2.78. The fraction of sp³-hybridized carbons (Fsp3) is 0.583. The molecule has 1 aliphatic rings. The van der Waals surface area contributed by atoms with Crippen LogP contribution in [0.3, 0.4) is 0 Å². The molecule has 0 bridgehead atoms. The Balaban J connectivity index is 2.16. The molecule has 0 radical (unpaired) electrons. The lowest BCUT2D eigenvalue weighted by Crippen LogP contribution is -2.61. The molecule has 1 aromatic heterocycles. The minimum absolute atomic E-state index is 0.127. The molecule has 104 valence electrons. The number of aromatic nitrogens is 1. The number of amides is 1. The van der Waals surface area contributed by atoms with E-state index in [1.165, 1.54) is 11.3 Å². The number of nitrogens with one attached hydrogen (secondary N) is 1. The molecule has 1 aromatic rings. The van der Waals surface area contributed by atoms with Gasteiger partial charge in [0.25, 0.3) is 5.91 Å². The third-order valence-corrected chi connectivity index (χ3v) is 4.93. The average molecular weight is 298 g/mol. The number of aryl methyl sites for hydroxylation is 1. The second-order valence-corrected chi connectivity index (χ2v) is 6.27. The predicted molar refractivity (Wildman–Crippen MR) is 80.6 cm³/mol. The van der Waals surface area contributed by atoms with Gasteiger partial charge in [-0.05, 0) is 26.8 Å². The number of likely N-dealkylation sites (tertiary alicyclic amines) is 1. The fourth-order valence-electron chi connectivity index (χ4n) is 2.23. The van der Waals surface area contributed by atoms with Crippen molar-refractivity contribution in [3.8, 4) is 0 Å². The summed E-state index contributed by atoms with van der Waals surface area (Å²) in [7, 11) is 2.05. The van der Waals surface area contributed by atoms with Gasteiger partial charge in [-0.25, -0.2) is 4.98 Å². The summed E-state index contributed by atoms with van der Waals surface area (Å²) in [5, 5.41) is 3.03. The van der Waals surface area contributed by atoms with Gasteiger partial charge in [0, 0.05) is 13.1 Å². The number of nitrogens with two attached hydrogens (primary N) is 1. The number of rotatable bonds is 3. The Morgan fingerprint density at radius 2 is 2.21 bits per heavy atom. The van der Waals surface area contributed by atoms with E-state index in [0.29, 0.717) is 9.87 Å². The molecule has 0 aliphatic carbocycles. The molecule has 1 saturated heterocycles. The summed E-state index contributed by atoms with van der Waals surface area (Å²) in [5.41, 5.74) is 7.73. The summed E-state index contributed by atoms with van der Waals surface area (Å²) in [5.74, 6) is -0.127. The van der Waals surface area contributed by atoms with Gasteiger partial charge in [0.1, 0.15) is 4.88 Å². The van der Waals surface area contributed by atoms with Crippen LogP contribution in [-0.2, 0) is 0 Å². The molecular weight excluding hydrogens is 280 g/mol. The van der Waals surface area contributed by atoms with Gasteiger partial charge in [0.05, 0.1) is 21.7 Å². The SMILES string of the molecule is Cc1ncsc1C(=O)NC1(C(N)=S)CCN(C)CC1. The zero-order chi connectivity index (χ0) is 14.0. The molecule has 2 heterocycles. The van der Waals surface area contributed by atoms with Crippen LogP contribution in [0.15, 0.2) is 5.51 Å². The Bertz CT molecular complexity index is 492. The minimum Gasteiger partial charge on any atom is -0.391 e. The van der Waals surface area contributed by atoms with Crippen LogP contribution in [0.25, 0.3) is 0 Å². The summed E-state index contributed by atoms with van der Waals surface area (Å²) >= 11 is 6.52. The highest BCUT2D eigenvalue weighted by Crippen LogP contribution is 2.24. The van der Waals surface area contributed by atoms with E-state index in [2.05, 4.69) is 22.2 Å². The van der Waals surface area contributed by atoms with Crippen LogP contribution in [0.4, 0.5) is 0 Å². The first-order valence-electron chi connectivity index (χ1n) is 6.16. The number of hydrogen-bond acceptors (Lipinski definition) is 5. The molecule has 2 rings (SSSR count). The van der Waals surface area contributed by atoms with E-state index in [4.69, 9.17) is 18.0 Å². The molecule has 1 aliphatic heterocycles. The maximum Gasteiger partial charge on any atom is 0.264 e. The normalized spacial score (nSPS) is 19.1. The molecule has 5 nitrogen and oxygen atoms in total. The first-order valence-corrected chi connectivity index (χ1v) is 7.44. The minimum atomic E-state index is -0.560. The van der Waals surface area contributed by atoms with Gasteiger partial charge in [-0.2, -0.15) is 0 Å². The highest BCUT2D eigenvalue weighted by Gasteiger charge is 2.38. The molecule has 3 N–H and O–H groups in total. The standard InChI is InChI=1S/C12H18N4OS2/c1-8-9(19-7-14-8)10(17)15-12(11(13)18)3-5-16(2)6-4-12/h7H,3-6H2,1-2H3,(H2,13,18)(H,15,17). The van der Waals surface area contributed by atoms with E-state index in [9.17, 15) is 4.79 Å². The van der Waals surface area contributed by atoms with Crippen LogP contribution in [-0.4, -0.2) is 46.5 Å². The van der Waals surface area contributed by atoms with Crippen molar-refractivity contribution in [2.24, 2.45) is 5.73 Å². The molecule has 1 amide bonds. The summed E-state index contributed by atoms with van der Waals surface area (Å²) in [4.78, 5) is 19.6. The lowest BCUT2D eigenvalue weighted by molar-refractivity contribution is 0.0893.